The Labute approximate surface area is 155 Å². The van der Waals surface area contributed by atoms with Gasteiger partial charge in [0.25, 0.3) is 0 Å². The lowest BCUT2D eigenvalue weighted by atomic mass is 10.0. The SMILES string of the molecule is COc1ccc(-c2ccc(OC(F)(F)F)c(OCCN)c2)c(OC)c1.Cl. The van der Waals surface area contributed by atoms with E-state index in [0.717, 1.165) is 0 Å². The van der Waals surface area contributed by atoms with Gasteiger partial charge in [-0.25, -0.2) is 0 Å². The smallest absolute Gasteiger partial charge is 0.497 e. The highest BCUT2D eigenvalue weighted by Crippen LogP contribution is 2.39. The highest BCUT2D eigenvalue weighted by Gasteiger charge is 2.32. The second-order valence-corrected chi connectivity index (χ2v) is 4.91. The third-order valence-corrected chi connectivity index (χ3v) is 3.26. The number of rotatable bonds is 7. The molecule has 0 aromatic heterocycles. The summed E-state index contributed by atoms with van der Waals surface area (Å²) in [4.78, 5) is 0. The number of alkyl halides is 3. The molecule has 2 aromatic carbocycles. The number of ether oxygens (including phenoxy) is 4. The van der Waals surface area contributed by atoms with Crippen LogP contribution in [-0.4, -0.2) is 33.7 Å². The van der Waals surface area contributed by atoms with Crippen molar-refractivity contribution < 1.29 is 32.1 Å². The summed E-state index contributed by atoms with van der Waals surface area (Å²) in [6.45, 7) is 0.207. The lowest BCUT2D eigenvalue weighted by molar-refractivity contribution is -0.275. The summed E-state index contributed by atoms with van der Waals surface area (Å²) < 4.78 is 57.3. The number of hydrogen-bond donors (Lipinski definition) is 1. The Kier molecular flexibility index (Phi) is 7.85. The molecule has 5 nitrogen and oxygen atoms in total. The molecule has 0 bridgehead atoms. The molecule has 2 rings (SSSR count). The van der Waals surface area contributed by atoms with Crippen LogP contribution in [0.5, 0.6) is 23.0 Å². The summed E-state index contributed by atoms with van der Waals surface area (Å²) in [6, 6.07) is 9.26. The van der Waals surface area contributed by atoms with Crippen LogP contribution in [0.15, 0.2) is 36.4 Å². The number of nitrogens with two attached hydrogens (primary N) is 1. The molecule has 0 unspecified atom stereocenters. The van der Waals surface area contributed by atoms with E-state index < -0.39 is 12.1 Å². The maximum atomic E-state index is 12.5. The zero-order valence-electron chi connectivity index (χ0n) is 14.1. The molecule has 0 heterocycles. The number of methoxy groups -OCH3 is 2. The van der Waals surface area contributed by atoms with Crippen molar-refractivity contribution in [3.63, 3.8) is 0 Å². The first-order valence-corrected chi connectivity index (χ1v) is 7.33. The predicted octanol–water partition coefficient (Wildman–Crippen LogP) is 4.03. The molecule has 26 heavy (non-hydrogen) atoms. The van der Waals surface area contributed by atoms with Crippen molar-refractivity contribution >= 4 is 12.4 Å². The van der Waals surface area contributed by atoms with Gasteiger partial charge < -0.3 is 24.7 Å². The molecule has 0 aliphatic carbocycles. The van der Waals surface area contributed by atoms with Crippen molar-refractivity contribution in [2.24, 2.45) is 5.73 Å². The van der Waals surface area contributed by atoms with E-state index in [1.54, 1.807) is 18.2 Å². The maximum Gasteiger partial charge on any atom is 0.573 e. The van der Waals surface area contributed by atoms with E-state index in [9.17, 15) is 13.2 Å². The highest BCUT2D eigenvalue weighted by molar-refractivity contribution is 5.85. The lowest BCUT2D eigenvalue weighted by Gasteiger charge is -2.16. The standard InChI is InChI=1S/C17H18F3NO4.ClH/c1-22-12-4-5-13(15(10-12)23-2)11-3-6-14(25-17(18,19)20)16(9-11)24-8-7-21;/h3-6,9-10H,7-8,21H2,1-2H3;1H. The highest BCUT2D eigenvalue weighted by atomic mass is 35.5. The molecule has 2 aromatic rings. The van der Waals surface area contributed by atoms with Crippen LogP contribution < -0.4 is 24.7 Å². The van der Waals surface area contributed by atoms with Crippen molar-refractivity contribution in [1.29, 1.82) is 0 Å². The van der Waals surface area contributed by atoms with Gasteiger partial charge in [0.1, 0.15) is 18.1 Å². The number of hydrogen-bond acceptors (Lipinski definition) is 5. The molecular formula is C17H19ClF3NO4. The van der Waals surface area contributed by atoms with Gasteiger partial charge in [-0.1, -0.05) is 6.07 Å². The van der Waals surface area contributed by atoms with Gasteiger partial charge in [-0.3, -0.25) is 0 Å². The lowest BCUT2D eigenvalue weighted by Crippen LogP contribution is -2.18. The zero-order chi connectivity index (χ0) is 18.4. The monoisotopic (exact) mass is 393 g/mol. The van der Waals surface area contributed by atoms with Crippen LogP contribution in [0.1, 0.15) is 0 Å². The van der Waals surface area contributed by atoms with Gasteiger partial charge in [0.05, 0.1) is 14.2 Å². The minimum absolute atomic E-state index is 0. The molecule has 0 saturated heterocycles. The fourth-order valence-corrected chi connectivity index (χ4v) is 2.20. The van der Waals surface area contributed by atoms with E-state index >= 15 is 0 Å². The largest absolute Gasteiger partial charge is 0.573 e. The summed E-state index contributed by atoms with van der Waals surface area (Å²) in [5.74, 6) is 0.612. The Morgan fingerprint density at radius 2 is 1.65 bits per heavy atom. The van der Waals surface area contributed by atoms with Crippen LogP contribution in [0.25, 0.3) is 11.1 Å². The van der Waals surface area contributed by atoms with Crippen molar-refractivity contribution in [2.75, 3.05) is 27.4 Å². The molecule has 0 aliphatic heterocycles. The fourth-order valence-electron chi connectivity index (χ4n) is 2.20. The topological polar surface area (TPSA) is 62.9 Å². The molecule has 0 fully saturated rings. The first kappa shape index (κ1) is 21.7. The fraction of sp³-hybridized carbons (Fsp3) is 0.294. The van der Waals surface area contributed by atoms with Crippen LogP contribution in [0.2, 0.25) is 0 Å². The first-order chi connectivity index (χ1) is 11.9. The maximum absolute atomic E-state index is 12.5. The van der Waals surface area contributed by atoms with Gasteiger partial charge in [0, 0.05) is 18.2 Å². The quantitative estimate of drug-likeness (QED) is 0.769. The molecule has 144 valence electrons. The Hall–Kier alpha value is -2.32. The molecule has 0 saturated carbocycles. The normalized spacial score (nSPS) is 10.7. The summed E-state index contributed by atoms with van der Waals surface area (Å²) in [5, 5.41) is 0. The van der Waals surface area contributed by atoms with E-state index in [0.29, 0.717) is 22.6 Å². The molecule has 0 aliphatic rings. The third-order valence-electron chi connectivity index (χ3n) is 3.26. The molecule has 0 spiro atoms. The molecule has 0 radical (unpaired) electrons. The van der Waals surface area contributed by atoms with Gasteiger partial charge in [-0.2, -0.15) is 0 Å². The van der Waals surface area contributed by atoms with Gasteiger partial charge in [0.15, 0.2) is 11.5 Å². The average molecular weight is 394 g/mol. The van der Waals surface area contributed by atoms with E-state index in [4.69, 9.17) is 19.9 Å². The Morgan fingerprint density at radius 1 is 0.923 bits per heavy atom. The second kappa shape index (κ2) is 9.40. The van der Waals surface area contributed by atoms with E-state index in [1.165, 1.54) is 32.4 Å². The molecule has 0 amide bonds. The summed E-state index contributed by atoms with van der Waals surface area (Å²) in [6.07, 6.45) is -4.82. The zero-order valence-corrected chi connectivity index (χ0v) is 14.9. The minimum Gasteiger partial charge on any atom is -0.497 e. The number of benzene rings is 2. The van der Waals surface area contributed by atoms with Gasteiger partial charge in [0.2, 0.25) is 0 Å². The summed E-state index contributed by atoms with van der Waals surface area (Å²) in [7, 11) is 3.02. The van der Waals surface area contributed by atoms with Crippen LogP contribution in [0.3, 0.4) is 0 Å². The van der Waals surface area contributed by atoms with E-state index in [-0.39, 0.29) is 31.3 Å². The molecule has 0 atom stereocenters. The van der Waals surface area contributed by atoms with Gasteiger partial charge >= 0.3 is 6.36 Å². The number of halogens is 4. The van der Waals surface area contributed by atoms with Crippen molar-refractivity contribution in [3.05, 3.63) is 36.4 Å². The minimum atomic E-state index is -4.82. The third kappa shape index (κ3) is 5.60. The van der Waals surface area contributed by atoms with Crippen LogP contribution >= 0.6 is 12.4 Å². The van der Waals surface area contributed by atoms with Crippen LogP contribution in [0, 0.1) is 0 Å². The van der Waals surface area contributed by atoms with Crippen molar-refractivity contribution in [1.82, 2.24) is 0 Å². The molecular weight excluding hydrogens is 375 g/mol. The van der Waals surface area contributed by atoms with E-state index in [2.05, 4.69) is 4.74 Å². The summed E-state index contributed by atoms with van der Waals surface area (Å²) >= 11 is 0. The Balaban J connectivity index is 0.00000338. The Morgan fingerprint density at radius 3 is 2.23 bits per heavy atom. The van der Waals surface area contributed by atoms with Crippen LogP contribution in [-0.2, 0) is 0 Å². The van der Waals surface area contributed by atoms with Crippen molar-refractivity contribution in [3.8, 4) is 34.1 Å². The summed E-state index contributed by atoms with van der Waals surface area (Å²) in [5.41, 5.74) is 6.62. The van der Waals surface area contributed by atoms with Gasteiger partial charge in [-0.05, 0) is 29.8 Å². The second-order valence-electron chi connectivity index (χ2n) is 4.91. The van der Waals surface area contributed by atoms with Gasteiger partial charge in [-0.15, -0.1) is 25.6 Å². The van der Waals surface area contributed by atoms with E-state index in [1.807, 2.05) is 0 Å². The van der Waals surface area contributed by atoms with Crippen LogP contribution in [0.4, 0.5) is 13.2 Å². The Bertz CT molecular complexity index is 726. The molecule has 2 N–H and O–H groups in total. The average Bonchev–Trinajstić information content (AvgIpc) is 2.59. The predicted molar refractivity (Wildman–Crippen MR) is 93.5 cm³/mol. The van der Waals surface area contributed by atoms with Crippen molar-refractivity contribution in [2.45, 2.75) is 6.36 Å². The molecule has 9 heteroatoms. The first-order valence-electron chi connectivity index (χ1n) is 7.33.